The van der Waals surface area contributed by atoms with Crippen LogP contribution < -0.4 is 0 Å². The molecule has 0 aromatic carbocycles. The average molecular weight is 292 g/mol. The summed E-state index contributed by atoms with van der Waals surface area (Å²) in [6, 6.07) is 0. The fraction of sp³-hybridized carbons (Fsp3) is 1.00. The van der Waals surface area contributed by atoms with E-state index in [1.807, 2.05) is 0 Å². The third-order valence-electron chi connectivity index (χ3n) is 2.34. The van der Waals surface area contributed by atoms with Crippen LogP contribution in [0.4, 0.5) is 17.6 Å². The molecule has 2 rings (SSSR count). The number of hydrogen-bond acceptors (Lipinski definition) is 5. The van der Waals surface area contributed by atoms with Gasteiger partial charge in [-0.3, -0.25) is 0 Å². The van der Waals surface area contributed by atoms with Gasteiger partial charge in [0.05, 0.1) is 26.4 Å². The standard InChI is InChI=1S/C6H10O3.C4H6F4O2/c1(5-3-8-5)7-2-6-4-9-6;5-3(6,1-9)4(7,8)2-10/h5-6H,1-4H2;9-10H,1-2H2. The summed E-state index contributed by atoms with van der Waals surface area (Å²) in [6.45, 7) is -0.683. The van der Waals surface area contributed by atoms with E-state index < -0.39 is 25.1 Å². The minimum Gasteiger partial charge on any atom is -0.390 e. The lowest BCUT2D eigenvalue weighted by Crippen LogP contribution is -2.46. The number of aliphatic hydroxyl groups excluding tert-OH is 2. The summed E-state index contributed by atoms with van der Waals surface area (Å²) < 4.78 is 62.2. The van der Waals surface area contributed by atoms with Crippen molar-refractivity contribution in [2.75, 3.05) is 39.6 Å². The Morgan fingerprint density at radius 3 is 1.42 bits per heavy atom. The normalized spacial score (nSPS) is 25.6. The van der Waals surface area contributed by atoms with Gasteiger partial charge in [-0.2, -0.15) is 17.6 Å². The Balaban J connectivity index is 0.000000190. The molecular formula is C10H16F4O5. The summed E-state index contributed by atoms with van der Waals surface area (Å²) in [5.74, 6) is -9.08. The molecule has 114 valence electrons. The molecule has 0 saturated carbocycles. The van der Waals surface area contributed by atoms with E-state index in [1.54, 1.807) is 0 Å². The minimum absolute atomic E-state index is 0.392. The quantitative estimate of drug-likeness (QED) is 0.512. The number of halogens is 4. The van der Waals surface area contributed by atoms with Gasteiger partial charge >= 0.3 is 11.8 Å². The van der Waals surface area contributed by atoms with Crippen molar-refractivity contribution in [2.45, 2.75) is 24.1 Å². The Labute approximate surface area is 107 Å². The number of alkyl halides is 4. The van der Waals surface area contributed by atoms with Crippen molar-refractivity contribution in [3.63, 3.8) is 0 Å². The Bertz CT molecular complexity index is 243. The number of hydrogen-bond donors (Lipinski definition) is 2. The molecule has 9 heteroatoms. The van der Waals surface area contributed by atoms with Crippen molar-refractivity contribution in [3.05, 3.63) is 0 Å². The van der Waals surface area contributed by atoms with Gasteiger partial charge in [0.1, 0.15) is 25.4 Å². The number of rotatable bonds is 7. The van der Waals surface area contributed by atoms with Gasteiger partial charge in [0, 0.05) is 0 Å². The van der Waals surface area contributed by atoms with Crippen molar-refractivity contribution in [1.29, 1.82) is 0 Å². The van der Waals surface area contributed by atoms with Crippen LogP contribution in [0, 0.1) is 0 Å². The minimum atomic E-state index is -4.54. The molecule has 2 aliphatic heterocycles. The highest BCUT2D eigenvalue weighted by atomic mass is 19.3. The molecule has 0 aromatic heterocycles. The summed E-state index contributed by atoms with van der Waals surface area (Å²) >= 11 is 0. The van der Waals surface area contributed by atoms with E-state index in [9.17, 15) is 17.6 Å². The third-order valence-corrected chi connectivity index (χ3v) is 2.34. The lowest BCUT2D eigenvalue weighted by Gasteiger charge is -2.22. The molecule has 0 aromatic rings. The predicted octanol–water partition coefficient (Wildman–Crippen LogP) is 0.0422. The van der Waals surface area contributed by atoms with Gasteiger partial charge in [-0.05, 0) is 0 Å². The highest BCUT2D eigenvalue weighted by Gasteiger charge is 2.55. The number of epoxide rings is 2. The molecule has 0 radical (unpaired) electrons. The van der Waals surface area contributed by atoms with Gasteiger partial charge in [-0.15, -0.1) is 0 Å². The van der Waals surface area contributed by atoms with Crippen LogP contribution in [0.3, 0.4) is 0 Å². The summed E-state index contributed by atoms with van der Waals surface area (Å²) in [7, 11) is 0. The lowest BCUT2D eigenvalue weighted by molar-refractivity contribution is -0.239. The summed E-state index contributed by atoms with van der Waals surface area (Å²) in [5, 5.41) is 15.4. The van der Waals surface area contributed by atoms with Gasteiger partial charge in [-0.1, -0.05) is 0 Å². The van der Waals surface area contributed by atoms with Crippen LogP contribution in [0.25, 0.3) is 0 Å². The summed E-state index contributed by atoms with van der Waals surface area (Å²) in [6.07, 6.45) is 0.785. The van der Waals surface area contributed by atoms with Crippen LogP contribution in [0.5, 0.6) is 0 Å². The van der Waals surface area contributed by atoms with Crippen molar-refractivity contribution >= 4 is 0 Å². The van der Waals surface area contributed by atoms with Crippen LogP contribution >= 0.6 is 0 Å². The first kappa shape index (κ1) is 16.6. The molecule has 0 aliphatic carbocycles. The molecule has 2 saturated heterocycles. The van der Waals surface area contributed by atoms with Gasteiger partial charge in [0.15, 0.2) is 0 Å². The van der Waals surface area contributed by atoms with Gasteiger partial charge < -0.3 is 24.4 Å². The Kier molecular flexibility index (Phi) is 5.93. The Morgan fingerprint density at radius 1 is 0.895 bits per heavy atom. The second kappa shape index (κ2) is 6.80. The highest BCUT2D eigenvalue weighted by Crippen LogP contribution is 2.32. The first-order chi connectivity index (χ1) is 8.82. The molecule has 5 nitrogen and oxygen atoms in total. The van der Waals surface area contributed by atoms with E-state index in [0.717, 1.165) is 26.4 Å². The average Bonchev–Trinajstić information content (AvgIpc) is 3.24. The van der Waals surface area contributed by atoms with Crippen molar-refractivity contribution in [3.8, 4) is 0 Å². The Hall–Kier alpha value is -0.480. The van der Waals surface area contributed by atoms with Crippen LogP contribution in [0.2, 0.25) is 0 Å². The second-order valence-electron chi connectivity index (χ2n) is 4.17. The Morgan fingerprint density at radius 2 is 1.21 bits per heavy atom. The van der Waals surface area contributed by atoms with E-state index in [0.29, 0.717) is 12.2 Å². The van der Waals surface area contributed by atoms with Crippen LogP contribution in [-0.4, -0.2) is 73.9 Å². The maximum atomic E-state index is 11.8. The van der Waals surface area contributed by atoms with Crippen molar-refractivity contribution in [1.82, 2.24) is 0 Å². The zero-order valence-electron chi connectivity index (χ0n) is 10.0. The molecule has 0 amide bonds. The molecule has 2 heterocycles. The monoisotopic (exact) mass is 292 g/mol. The molecular weight excluding hydrogens is 276 g/mol. The molecule has 2 N–H and O–H groups in total. The van der Waals surface area contributed by atoms with Crippen LogP contribution in [0.1, 0.15) is 0 Å². The van der Waals surface area contributed by atoms with Crippen LogP contribution in [-0.2, 0) is 14.2 Å². The summed E-state index contributed by atoms with van der Waals surface area (Å²) in [4.78, 5) is 0. The molecule has 2 unspecified atom stereocenters. The second-order valence-corrected chi connectivity index (χ2v) is 4.17. The topological polar surface area (TPSA) is 74.8 Å². The molecule has 2 aliphatic rings. The van der Waals surface area contributed by atoms with E-state index in [-0.39, 0.29) is 0 Å². The van der Waals surface area contributed by atoms with E-state index in [2.05, 4.69) is 0 Å². The number of ether oxygens (including phenoxy) is 3. The fourth-order valence-corrected chi connectivity index (χ4v) is 0.891. The fourth-order valence-electron chi connectivity index (χ4n) is 0.891. The molecule has 0 bridgehead atoms. The molecule has 2 atom stereocenters. The number of aliphatic hydroxyl groups is 2. The van der Waals surface area contributed by atoms with Gasteiger partial charge in [0.25, 0.3) is 0 Å². The highest BCUT2D eigenvalue weighted by molar-refractivity contribution is 4.82. The zero-order valence-corrected chi connectivity index (χ0v) is 10.0. The van der Waals surface area contributed by atoms with Gasteiger partial charge in [0.2, 0.25) is 0 Å². The summed E-state index contributed by atoms with van der Waals surface area (Å²) in [5.41, 5.74) is 0. The van der Waals surface area contributed by atoms with Gasteiger partial charge in [-0.25, -0.2) is 0 Å². The first-order valence-electron chi connectivity index (χ1n) is 5.60. The smallest absolute Gasteiger partial charge is 0.334 e. The maximum absolute atomic E-state index is 11.8. The van der Waals surface area contributed by atoms with E-state index in [4.69, 9.17) is 24.4 Å². The van der Waals surface area contributed by atoms with Crippen molar-refractivity contribution < 1.29 is 42.0 Å². The molecule has 19 heavy (non-hydrogen) atoms. The zero-order chi connectivity index (χ0) is 14.5. The first-order valence-corrected chi connectivity index (χ1v) is 5.60. The molecule has 0 spiro atoms. The maximum Gasteiger partial charge on any atom is 0.334 e. The predicted molar refractivity (Wildman–Crippen MR) is 54.4 cm³/mol. The lowest BCUT2D eigenvalue weighted by atomic mass is 10.2. The molecule has 2 fully saturated rings. The van der Waals surface area contributed by atoms with E-state index in [1.165, 1.54) is 0 Å². The van der Waals surface area contributed by atoms with Crippen molar-refractivity contribution in [2.24, 2.45) is 0 Å². The van der Waals surface area contributed by atoms with Crippen LogP contribution in [0.15, 0.2) is 0 Å². The third kappa shape index (κ3) is 6.00. The SMILES string of the molecule is C(OCC1CO1)C1CO1.OCC(F)(F)C(F)(F)CO. The van der Waals surface area contributed by atoms with E-state index >= 15 is 0 Å². The largest absolute Gasteiger partial charge is 0.390 e.